The Labute approximate surface area is 151 Å². The number of nitroso groups, excluding NO2 is 1. The Bertz CT molecular complexity index is 1040. The van der Waals surface area contributed by atoms with E-state index in [0.29, 0.717) is 16.9 Å². The molecule has 2 aromatic heterocycles. The zero-order valence-electron chi connectivity index (χ0n) is 12.2. The van der Waals surface area contributed by atoms with E-state index in [-0.39, 0.29) is 24.7 Å². The van der Waals surface area contributed by atoms with Crippen LogP contribution in [-0.2, 0) is 0 Å². The summed E-state index contributed by atoms with van der Waals surface area (Å²) in [4.78, 5) is 17.4. The van der Waals surface area contributed by atoms with Gasteiger partial charge in [0.2, 0.25) is 0 Å². The number of aromatic nitrogens is 2. The molecule has 0 saturated heterocycles. The van der Waals surface area contributed by atoms with Crippen LogP contribution in [0.15, 0.2) is 52.1 Å². The first kappa shape index (κ1) is 15.9. The van der Waals surface area contributed by atoms with Crippen molar-refractivity contribution in [2.45, 2.75) is 0 Å². The smallest absolute Gasteiger partial charge is 0.199 e. The van der Waals surface area contributed by atoms with Crippen molar-refractivity contribution in [1.82, 2.24) is 9.97 Å². The second kappa shape index (κ2) is 5.89. The maximum Gasteiger partial charge on any atom is 0.199 e. The van der Waals surface area contributed by atoms with Gasteiger partial charge in [-0.3, -0.25) is 0 Å². The molecule has 23 heavy (non-hydrogen) atoms. The van der Waals surface area contributed by atoms with E-state index in [1.807, 2.05) is 42.5 Å². The number of H-pyrrole nitrogens is 2. The summed E-state index contributed by atoms with van der Waals surface area (Å²) in [7, 11) is 0. The summed E-state index contributed by atoms with van der Waals surface area (Å²) >= 11 is 3.40. The molecule has 0 amide bonds. The molecule has 3 N–H and O–H groups in total. The normalized spacial score (nSPS) is 10.8. The molecule has 0 bridgehead atoms. The van der Waals surface area contributed by atoms with E-state index < -0.39 is 0 Å². The van der Waals surface area contributed by atoms with E-state index >= 15 is 0 Å². The van der Waals surface area contributed by atoms with E-state index in [4.69, 9.17) is 0 Å². The maximum absolute atomic E-state index is 11.3. The van der Waals surface area contributed by atoms with Gasteiger partial charge in [0.1, 0.15) is 5.69 Å². The number of fused-ring (bicyclic) bond motifs is 2. The average Bonchev–Trinajstić information content (AvgIpc) is 3.02. The number of halogens is 1. The molecule has 0 aliphatic heterocycles. The van der Waals surface area contributed by atoms with Crippen molar-refractivity contribution in [2.75, 3.05) is 0 Å². The van der Waals surface area contributed by atoms with Crippen molar-refractivity contribution in [2.24, 2.45) is 5.18 Å². The van der Waals surface area contributed by atoms with Crippen LogP contribution in [-0.4, -0.2) is 33.9 Å². The summed E-state index contributed by atoms with van der Waals surface area (Å²) in [5, 5.41) is 15.0. The third-order valence-electron chi connectivity index (χ3n) is 3.76. The van der Waals surface area contributed by atoms with Crippen molar-refractivity contribution < 1.29 is 5.11 Å². The van der Waals surface area contributed by atoms with Crippen molar-refractivity contribution in [3.63, 3.8) is 0 Å². The van der Waals surface area contributed by atoms with Gasteiger partial charge in [-0.25, -0.2) is 0 Å². The molecule has 4 aromatic rings. The fourth-order valence-electron chi connectivity index (χ4n) is 2.81. The summed E-state index contributed by atoms with van der Waals surface area (Å²) in [5.41, 5.74) is 2.95. The summed E-state index contributed by atoms with van der Waals surface area (Å²) in [6, 6.07) is 13.1. The van der Waals surface area contributed by atoms with Crippen LogP contribution in [0, 0.1) is 4.91 Å². The van der Waals surface area contributed by atoms with E-state index in [1.54, 1.807) is 0 Å². The minimum Gasteiger partial charge on any atom is -0.494 e. The van der Waals surface area contributed by atoms with Crippen LogP contribution in [0.3, 0.4) is 0 Å². The minimum absolute atomic E-state index is 0. The van der Waals surface area contributed by atoms with Gasteiger partial charge in [-0.15, -0.1) is 4.91 Å². The molecule has 0 saturated carbocycles. The zero-order chi connectivity index (χ0) is 15.3. The Kier molecular flexibility index (Phi) is 4.07. The standard InChI is InChI=1S/C16H10BrN3O2.Li/c17-8-5-6-9-12(7-8)19-16(21)13(9)15-14(20-22)10-3-1-2-4-11(10)18-15;/h1-7,18-19,21H;. The molecule has 0 fully saturated rings. The maximum atomic E-state index is 11.3. The predicted molar refractivity (Wildman–Crippen MR) is 96.2 cm³/mol. The number of para-hydroxylation sites is 1. The zero-order valence-corrected chi connectivity index (χ0v) is 13.8. The van der Waals surface area contributed by atoms with Crippen molar-refractivity contribution in [3.05, 3.63) is 51.8 Å². The Morgan fingerprint density at radius 2 is 1.78 bits per heavy atom. The number of hydrogen-bond acceptors (Lipinski definition) is 3. The first-order valence-corrected chi connectivity index (χ1v) is 7.43. The van der Waals surface area contributed by atoms with Crippen molar-refractivity contribution in [3.8, 4) is 17.1 Å². The van der Waals surface area contributed by atoms with Crippen LogP contribution in [0.1, 0.15) is 0 Å². The second-order valence-corrected chi connectivity index (χ2v) is 5.94. The van der Waals surface area contributed by atoms with Gasteiger partial charge in [-0.1, -0.05) is 40.2 Å². The van der Waals surface area contributed by atoms with Crippen LogP contribution in [0.5, 0.6) is 5.88 Å². The molecular weight excluding hydrogens is 353 g/mol. The van der Waals surface area contributed by atoms with Crippen LogP contribution < -0.4 is 0 Å². The fourth-order valence-corrected chi connectivity index (χ4v) is 3.17. The van der Waals surface area contributed by atoms with Gasteiger partial charge in [0.05, 0.1) is 16.8 Å². The molecule has 0 aliphatic rings. The van der Waals surface area contributed by atoms with Crippen molar-refractivity contribution in [1.29, 1.82) is 0 Å². The Hall–Kier alpha value is -2.00. The predicted octanol–water partition coefficient (Wildman–Crippen LogP) is 4.80. The van der Waals surface area contributed by atoms with Crippen LogP contribution in [0.25, 0.3) is 33.1 Å². The molecule has 0 unspecified atom stereocenters. The van der Waals surface area contributed by atoms with Gasteiger partial charge in [0.25, 0.3) is 0 Å². The largest absolute Gasteiger partial charge is 0.494 e. The molecule has 2 heterocycles. The third kappa shape index (κ3) is 2.40. The van der Waals surface area contributed by atoms with Gasteiger partial charge in [-0.2, -0.15) is 0 Å². The molecule has 4 rings (SSSR count). The molecule has 0 atom stereocenters. The first-order valence-electron chi connectivity index (χ1n) is 6.63. The van der Waals surface area contributed by atoms with Gasteiger partial charge in [0.15, 0.2) is 5.88 Å². The molecule has 7 heteroatoms. The van der Waals surface area contributed by atoms with Gasteiger partial charge >= 0.3 is 0 Å². The van der Waals surface area contributed by atoms with Gasteiger partial charge < -0.3 is 15.1 Å². The number of hydrogen-bond donors (Lipinski definition) is 3. The first-order chi connectivity index (χ1) is 10.7. The van der Waals surface area contributed by atoms with E-state index in [0.717, 1.165) is 26.3 Å². The Balaban J connectivity index is 0.00000156. The summed E-state index contributed by atoms with van der Waals surface area (Å²) in [6.45, 7) is 0. The molecule has 0 spiro atoms. The van der Waals surface area contributed by atoms with E-state index in [2.05, 4.69) is 31.1 Å². The third-order valence-corrected chi connectivity index (χ3v) is 4.25. The molecule has 1 radical (unpaired) electrons. The minimum atomic E-state index is 0. The topological polar surface area (TPSA) is 81.2 Å². The van der Waals surface area contributed by atoms with Gasteiger partial charge in [-0.05, 0) is 23.4 Å². The van der Waals surface area contributed by atoms with Gasteiger partial charge in [0, 0.05) is 39.6 Å². The SMILES string of the molecule is O=Nc1c(-c2c(O)[nH]c3cc(Br)ccc23)[nH]c2ccccc12.[Li]. The van der Waals surface area contributed by atoms with E-state index in [1.165, 1.54) is 0 Å². The fraction of sp³-hybridized carbons (Fsp3) is 0. The average molecular weight is 363 g/mol. The van der Waals surface area contributed by atoms with Crippen LogP contribution in [0.4, 0.5) is 5.69 Å². The number of aromatic amines is 2. The number of rotatable bonds is 2. The summed E-state index contributed by atoms with van der Waals surface area (Å²) < 4.78 is 0.901. The second-order valence-electron chi connectivity index (χ2n) is 5.02. The monoisotopic (exact) mass is 362 g/mol. The number of nitrogens with one attached hydrogen (secondary N) is 2. The Morgan fingerprint density at radius 3 is 2.57 bits per heavy atom. The molecular formula is C16H10BrLiN3O2. The summed E-state index contributed by atoms with van der Waals surface area (Å²) in [6.07, 6.45) is 0. The number of benzene rings is 2. The quantitative estimate of drug-likeness (QED) is 0.353. The molecule has 2 aromatic carbocycles. The molecule has 5 nitrogen and oxygen atoms in total. The van der Waals surface area contributed by atoms with Crippen LogP contribution >= 0.6 is 15.9 Å². The number of aromatic hydroxyl groups is 1. The van der Waals surface area contributed by atoms with E-state index in [9.17, 15) is 10.0 Å². The molecule has 0 aliphatic carbocycles. The number of nitrogens with zero attached hydrogens (tertiary/aromatic N) is 1. The Morgan fingerprint density at radius 1 is 1.00 bits per heavy atom. The summed E-state index contributed by atoms with van der Waals surface area (Å²) in [5.74, 6) is 0.00422. The van der Waals surface area contributed by atoms with Crippen molar-refractivity contribution >= 4 is 62.3 Å². The van der Waals surface area contributed by atoms with Crippen LogP contribution in [0.2, 0.25) is 0 Å². The molecule has 109 valence electrons.